The second-order valence-electron chi connectivity index (χ2n) is 7.19. The summed E-state index contributed by atoms with van der Waals surface area (Å²) in [6, 6.07) is 3.39. The van der Waals surface area contributed by atoms with Gasteiger partial charge in [0.05, 0.1) is 12.2 Å². The molecule has 1 unspecified atom stereocenters. The van der Waals surface area contributed by atoms with Crippen LogP contribution in [0, 0.1) is 11.3 Å². The Balaban J connectivity index is 1.42. The zero-order chi connectivity index (χ0) is 17.2. The van der Waals surface area contributed by atoms with E-state index in [4.69, 9.17) is 16.3 Å². The molecule has 1 N–H and O–H groups in total. The van der Waals surface area contributed by atoms with E-state index in [1.165, 1.54) is 43.7 Å². The summed E-state index contributed by atoms with van der Waals surface area (Å²) in [5.41, 5.74) is 1.04. The standard InChI is InChI=1S/C18H26ClN3O2/c1-22(2)17(23)14-5-6-15(21-16(14)19)24-11-3-4-13-12-18(13)7-9-20-10-8-18/h5-6,13,20H,3-4,7-12H2,1-2H3. The number of aromatic nitrogens is 1. The first-order chi connectivity index (χ1) is 11.5. The largest absolute Gasteiger partial charge is 0.478 e. The lowest BCUT2D eigenvalue weighted by Crippen LogP contribution is -2.29. The number of hydrogen-bond acceptors (Lipinski definition) is 4. The molecule has 1 saturated carbocycles. The molecule has 2 aliphatic rings. The van der Waals surface area contributed by atoms with Crippen molar-refractivity contribution in [3.63, 3.8) is 0 Å². The normalized spacial score (nSPS) is 21.5. The van der Waals surface area contributed by atoms with Crippen molar-refractivity contribution in [1.29, 1.82) is 0 Å². The number of carbonyl (C=O) groups excluding carboxylic acids is 1. The number of halogens is 1. The van der Waals surface area contributed by atoms with Crippen LogP contribution < -0.4 is 10.1 Å². The van der Waals surface area contributed by atoms with Gasteiger partial charge < -0.3 is 15.0 Å². The number of nitrogens with one attached hydrogen (secondary N) is 1. The first-order valence-corrected chi connectivity index (χ1v) is 9.11. The minimum atomic E-state index is -0.153. The Kier molecular flexibility index (Phi) is 5.30. The van der Waals surface area contributed by atoms with Gasteiger partial charge in [-0.2, -0.15) is 0 Å². The molecule has 1 aliphatic heterocycles. The van der Waals surface area contributed by atoms with Gasteiger partial charge in [-0.3, -0.25) is 4.79 Å². The monoisotopic (exact) mass is 351 g/mol. The fraction of sp³-hybridized carbons (Fsp3) is 0.667. The van der Waals surface area contributed by atoms with Crippen LogP contribution in [0.2, 0.25) is 5.15 Å². The van der Waals surface area contributed by atoms with Crippen molar-refractivity contribution in [3.05, 3.63) is 22.8 Å². The Bertz CT molecular complexity index is 600. The van der Waals surface area contributed by atoms with Crippen LogP contribution in [0.5, 0.6) is 5.88 Å². The minimum absolute atomic E-state index is 0.153. The summed E-state index contributed by atoms with van der Waals surface area (Å²) < 4.78 is 5.70. The molecule has 2 heterocycles. The summed E-state index contributed by atoms with van der Waals surface area (Å²) in [4.78, 5) is 17.6. The minimum Gasteiger partial charge on any atom is -0.478 e. The summed E-state index contributed by atoms with van der Waals surface area (Å²) >= 11 is 6.09. The number of nitrogens with zero attached hydrogens (tertiary/aromatic N) is 2. The van der Waals surface area contributed by atoms with Crippen LogP contribution in [-0.4, -0.2) is 49.6 Å². The fourth-order valence-corrected chi connectivity index (χ4v) is 4.01. The molecule has 132 valence electrons. The molecule has 2 fully saturated rings. The van der Waals surface area contributed by atoms with Crippen molar-refractivity contribution in [2.45, 2.75) is 32.1 Å². The first kappa shape index (κ1) is 17.5. The number of carbonyl (C=O) groups is 1. The quantitative estimate of drug-likeness (QED) is 0.632. The highest BCUT2D eigenvalue weighted by atomic mass is 35.5. The van der Waals surface area contributed by atoms with E-state index in [1.54, 1.807) is 26.2 Å². The van der Waals surface area contributed by atoms with Crippen molar-refractivity contribution in [3.8, 4) is 5.88 Å². The van der Waals surface area contributed by atoms with E-state index in [1.807, 2.05) is 0 Å². The van der Waals surface area contributed by atoms with Crippen LogP contribution in [0.4, 0.5) is 0 Å². The second kappa shape index (κ2) is 7.28. The van der Waals surface area contributed by atoms with E-state index in [0.29, 0.717) is 23.5 Å². The van der Waals surface area contributed by atoms with Crippen molar-refractivity contribution in [2.75, 3.05) is 33.8 Å². The Morgan fingerprint density at radius 3 is 2.83 bits per heavy atom. The number of piperidine rings is 1. The Hall–Kier alpha value is -1.33. The lowest BCUT2D eigenvalue weighted by atomic mass is 9.91. The van der Waals surface area contributed by atoms with Gasteiger partial charge in [0, 0.05) is 20.2 Å². The Labute approximate surface area is 148 Å². The zero-order valence-electron chi connectivity index (χ0n) is 14.5. The van der Waals surface area contributed by atoms with E-state index < -0.39 is 0 Å². The van der Waals surface area contributed by atoms with Gasteiger partial charge in [-0.05, 0) is 62.6 Å². The lowest BCUT2D eigenvalue weighted by Gasteiger charge is -2.23. The van der Waals surface area contributed by atoms with Gasteiger partial charge in [-0.1, -0.05) is 11.6 Å². The molecule has 1 aromatic heterocycles. The number of ether oxygens (including phenoxy) is 1. The SMILES string of the molecule is CN(C)C(=O)c1ccc(OCCCC2CC23CCNCC3)nc1Cl. The third-order valence-corrected chi connectivity index (χ3v) is 5.65. The van der Waals surface area contributed by atoms with Crippen LogP contribution >= 0.6 is 11.6 Å². The van der Waals surface area contributed by atoms with Gasteiger partial charge in [-0.25, -0.2) is 4.98 Å². The van der Waals surface area contributed by atoms with Crippen LogP contribution in [0.25, 0.3) is 0 Å². The van der Waals surface area contributed by atoms with Crippen LogP contribution in [0.15, 0.2) is 12.1 Å². The second-order valence-corrected chi connectivity index (χ2v) is 7.55. The number of amides is 1. The molecule has 1 aromatic rings. The summed E-state index contributed by atoms with van der Waals surface area (Å²) in [7, 11) is 3.38. The molecule has 1 aliphatic carbocycles. The van der Waals surface area contributed by atoms with E-state index in [2.05, 4.69) is 10.3 Å². The van der Waals surface area contributed by atoms with Gasteiger partial charge in [0.25, 0.3) is 5.91 Å². The maximum atomic E-state index is 11.9. The topological polar surface area (TPSA) is 54.5 Å². The maximum Gasteiger partial charge on any atom is 0.256 e. The first-order valence-electron chi connectivity index (χ1n) is 8.73. The van der Waals surface area contributed by atoms with Crippen LogP contribution in [-0.2, 0) is 0 Å². The maximum absolute atomic E-state index is 11.9. The fourth-order valence-electron chi connectivity index (χ4n) is 3.78. The average molecular weight is 352 g/mol. The van der Waals surface area contributed by atoms with E-state index in [0.717, 1.165) is 12.3 Å². The zero-order valence-corrected chi connectivity index (χ0v) is 15.2. The smallest absolute Gasteiger partial charge is 0.256 e. The predicted octanol–water partition coefficient (Wildman–Crippen LogP) is 2.99. The molecule has 5 nitrogen and oxygen atoms in total. The molecule has 1 spiro atoms. The predicted molar refractivity (Wildman–Crippen MR) is 94.6 cm³/mol. The van der Waals surface area contributed by atoms with E-state index in [9.17, 15) is 4.79 Å². The molecule has 1 amide bonds. The van der Waals surface area contributed by atoms with Crippen LogP contribution in [0.1, 0.15) is 42.5 Å². The number of rotatable bonds is 6. The summed E-state index contributed by atoms with van der Waals surface area (Å²) in [6.07, 6.45) is 6.32. The average Bonchev–Trinajstić information content (AvgIpc) is 3.23. The molecule has 0 aromatic carbocycles. The van der Waals surface area contributed by atoms with Crippen molar-refractivity contribution in [2.24, 2.45) is 11.3 Å². The summed E-state index contributed by atoms with van der Waals surface area (Å²) in [5, 5.41) is 3.64. The molecular formula is C18H26ClN3O2. The molecule has 24 heavy (non-hydrogen) atoms. The molecule has 3 rings (SSSR count). The molecule has 0 radical (unpaired) electrons. The highest BCUT2D eigenvalue weighted by Crippen LogP contribution is 2.60. The Morgan fingerprint density at radius 2 is 2.17 bits per heavy atom. The molecule has 0 bridgehead atoms. The molecule has 1 atom stereocenters. The molecule has 1 saturated heterocycles. The van der Waals surface area contributed by atoms with Crippen molar-refractivity contribution < 1.29 is 9.53 Å². The number of hydrogen-bond donors (Lipinski definition) is 1. The van der Waals surface area contributed by atoms with E-state index in [-0.39, 0.29) is 11.1 Å². The third kappa shape index (κ3) is 3.83. The van der Waals surface area contributed by atoms with E-state index >= 15 is 0 Å². The van der Waals surface area contributed by atoms with Crippen molar-refractivity contribution >= 4 is 17.5 Å². The van der Waals surface area contributed by atoms with Gasteiger partial charge >= 0.3 is 0 Å². The van der Waals surface area contributed by atoms with Gasteiger partial charge in [0.2, 0.25) is 5.88 Å². The summed E-state index contributed by atoms with van der Waals surface area (Å²) in [6.45, 7) is 3.00. The third-order valence-electron chi connectivity index (χ3n) is 5.36. The van der Waals surface area contributed by atoms with Gasteiger partial charge in [-0.15, -0.1) is 0 Å². The van der Waals surface area contributed by atoms with Gasteiger partial charge in [0.15, 0.2) is 0 Å². The number of pyridine rings is 1. The van der Waals surface area contributed by atoms with Crippen molar-refractivity contribution in [1.82, 2.24) is 15.2 Å². The Morgan fingerprint density at radius 1 is 1.42 bits per heavy atom. The highest BCUT2D eigenvalue weighted by molar-refractivity contribution is 6.32. The molecule has 6 heteroatoms. The summed E-state index contributed by atoms with van der Waals surface area (Å²) in [5.74, 6) is 1.21. The lowest BCUT2D eigenvalue weighted by molar-refractivity contribution is 0.0827. The highest BCUT2D eigenvalue weighted by Gasteiger charge is 2.52. The molecular weight excluding hydrogens is 326 g/mol. The van der Waals surface area contributed by atoms with Gasteiger partial charge in [0.1, 0.15) is 5.15 Å². The van der Waals surface area contributed by atoms with Crippen LogP contribution in [0.3, 0.4) is 0 Å².